The molecule has 65 valence electrons. The summed E-state index contributed by atoms with van der Waals surface area (Å²) in [5.41, 5.74) is 0. The topological polar surface area (TPSA) is 19.9 Å². The lowest BCUT2D eigenvalue weighted by Crippen LogP contribution is -2.16. The molecule has 0 aliphatic heterocycles. The van der Waals surface area contributed by atoms with Crippen molar-refractivity contribution in [1.82, 2.24) is 0 Å². The fraction of sp³-hybridized carbons (Fsp3) is 1.00. The highest BCUT2D eigenvalue weighted by Crippen LogP contribution is 2.28. The summed E-state index contributed by atoms with van der Waals surface area (Å²) in [7, 11) is 0. The summed E-state index contributed by atoms with van der Waals surface area (Å²) in [6.07, 6.45) is 8.08. The first-order valence-electron chi connectivity index (χ1n) is 4.98. The van der Waals surface area contributed by atoms with Crippen molar-refractivity contribution in [3.05, 3.63) is 0 Å². The van der Waals surface area contributed by atoms with Gasteiger partial charge in [-0.25, -0.2) is 5.11 Å². The second-order valence-electron chi connectivity index (χ2n) is 3.78. The number of unbranched alkanes of at least 4 members (excludes halogenated alkanes) is 1. The molecule has 11 heavy (non-hydrogen) atoms. The predicted octanol–water partition coefficient (Wildman–Crippen LogP) is 3.17. The molecule has 1 heteroatoms. The molecule has 0 aromatic rings. The van der Waals surface area contributed by atoms with Crippen LogP contribution in [0.25, 0.3) is 0 Å². The maximum absolute atomic E-state index is 11.0. The van der Waals surface area contributed by atoms with Crippen molar-refractivity contribution in [2.24, 2.45) is 5.92 Å². The summed E-state index contributed by atoms with van der Waals surface area (Å²) in [5, 5.41) is 11.0. The first-order chi connectivity index (χ1) is 5.33. The Bertz CT molecular complexity index is 90.3. The Kier molecular flexibility index (Phi) is 3.92. The van der Waals surface area contributed by atoms with Gasteiger partial charge >= 0.3 is 0 Å². The Labute approximate surface area is 69.8 Å². The van der Waals surface area contributed by atoms with Crippen LogP contribution in [-0.2, 0) is 5.11 Å². The summed E-state index contributed by atoms with van der Waals surface area (Å²) < 4.78 is 0. The minimum atomic E-state index is -0.229. The van der Waals surface area contributed by atoms with Gasteiger partial charge in [-0.05, 0) is 31.6 Å². The molecule has 0 spiro atoms. The van der Waals surface area contributed by atoms with E-state index in [9.17, 15) is 5.11 Å². The minimum Gasteiger partial charge on any atom is -0.233 e. The van der Waals surface area contributed by atoms with Gasteiger partial charge in [-0.3, -0.25) is 0 Å². The summed E-state index contributed by atoms with van der Waals surface area (Å²) in [4.78, 5) is 0. The quantitative estimate of drug-likeness (QED) is 0.596. The molecule has 0 saturated heterocycles. The van der Waals surface area contributed by atoms with E-state index in [1.54, 1.807) is 0 Å². The summed E-state index contributed by atoms with van der Waals surface area (Å²) in [6, 6.07) is 0. The van der Waals surface area contributed by atoms with Crippen LogP contribution in [0.1, 0.15) is 51.9 Å². The molecule has 1 saturated carbocycles. The van der Waals surface area contributed by atoms with E-state index in [1.165, 1.54) is 32.1 Å². The molecule has 0 atom stereocenters. The van der Waals surface area contributed by atoms with Gasteiger partial charge in [0.15, 0.2) is 0 Å². The molecule has 0 heterocycles. The van der Waals surface area contributed by atoms with Crippen molar-refractivity contribution in [2.75, 3.05) is 0 Å². The molecule has 1 aliphatic carbocycles. The van der Waals surface area contributed by atoms with Gasteiger partial charge < -0.3 is 0 Å². The third-order valence-electron chi connectivity index (χ3n) is 2.76. The zero-order valence-corrected chi connectivity index (χ0v) is 7.51. The van der Waals surface area contributed by atoms with Crippen LogP contribution >= 0.6 is 0 Å². The minimum absolute atomic E-state index is 0.229. The van der Waals surface area contributed by atoms with Crippen LogP contribution in [0.4, 0.5) is 0 Å². The van der Waals surface area contributed by atoms with E-state index in [1.807, 2.05) is 0 Å². The predicted molar refractivity (Wildman–Crippen MR) is 46.0 cm³/mol. The van der Waals surface area contributed by atoms with E-state index in [0.29, 0.717) is 0 Å². The van der Waals surface area contributed by atoms with Gasteiger partial charge in [-0.2, -0.15) is 0 Å². The number of rotatable bonds is 3. The van der Waals surface area contributed by atoms with Gasteiger partial charge in [-0.15, -0.1) is 0 Å². The molecule has 0 bridgehead atoms. The summed E-state index contributed by atoms with van der Waals surface area (Å²) in [6.45, 7) is 2.24. The number of hydrogen-bond acceptors (Lipinski definition) is 0. The van der Waals surface area contributed by atoms with E-state index in [2.05, 4.69) is 6.92 Å². The molecule has 1 aliphatic rings. The monoisotopic (exact) mass is 155 g/mol. The van der Waals surface area contributed by atoms with Crippen molar-refractivity contribution >= 4 is 0 Å². The first-order valence-corrected chi connectivity index (χ1v) is 4.98. The molecule has 0 N–H and O–H groups in total. The molecule has 1 nitrogen and oxygen atoms in total. The Morgan fingerprint density at radius 2 is 1.82 bits per heavy atom. The highest BCUT2D eigenvalue weighted by Gasteiger charge is 2.19. The van der Waals surface area contributed by atoms with Crippen molar-refractivity contribution in [2.45, 2.75) is 58.0 Å². The highest BCUT2D eigenvalue weighted by atomic mass is 16.3. The lowest BCUT2D eigenvalue weighted by molar-refractivity contribution is 0.0410. The van der Waals surface area contributed by atoms with Crippen molar-refractivity contribution in [3.8, 4) is 0 Å². The largest absolute Gasteiger partial charge is 0.233 e. The van der Waals surface area contributed by atoms with Crippen molar-refractivity contribution in [3.63, 3.8) is 0 Å². The Balaban J connectivity index is 2.07. The SMILES string of the molecule is CCCCC1CCC([O])CC1. The maximum atomic E-state index is 11.0. The molecule has 1 radical (unpaired) electrons. The Morgan fingerprint density at radius 1 is 1.18 bits per heavy atom. The molecule has 0 unspecified atom stereocenters. The smallest absolute Gasteiger partial charge is 0.0930 e. The molecule has 0 aromatic carbocycles. The van der Waals surface area contributed by atoms with E-state index >= 15 is 0 Å². The summed E-state index contributed by atoms with van der Waals surface area (Å²) in [5.74, 6) is 0.889. The van der Waals surface area contributed by atoms with E-state index in [-0.39, 0.29) is 6.10 Å². The van der Waals surface area contributed by atoms with Crippen LogP contribution in [0, 0.1) is 5.92 Å². The fourth-order valence-corrected chi connectivity index (χ4v) is 1.91. The average Bonchev–Trinajstić information content (AvgIpc) is 2.04. The van der Waals surface area contributed by atoms with E-state index in [4.69, 9.17) is 0 Å². The highest BCUT2D eigenvalue weighted by molar-refractivity contribution is 4.70. The fourth-order valence-electron chi connectivity index (χ4n) is 1.91. The molecule has 0 aromatic heterocycles. The molecule has 1 rings (SSSR count). The van der Waals surface area contributed by atoms with Gasteiger partial charge in [0.25, 0.3) is 0 Å². The van der Waals surface area contributed by atoms with Crippen LogP contribution in [0.5, 0.6) is 0 Å². The third-order valence-corrected chi connectivity index (χ3v) is 2.76. The first kappa shape index (κ1) is 9.05. The molecule has 0 amide bonds. The van der Waals surface area contributed by atoms with Crippen LogP contribution < -0.4 is 0 Å². The van der Waals surface area contributed by atoms with Gasteiger partial charge in [0.1, 0.15) is 0 Å². The lowest BCUT2D eigenvalue weighted by Gasteiger charge is -2.23. The molecular weight excluding hydrogens is 136 g/mol. The van der Waals surface area contributed by atoms with E-state index in [0.717, 1.165) is 18.8 Å². The van der Waals surface area contributed by atoms with Gasteiger partial charge in [0.2, 0.25) is 0 Å². The maximum Gasteiger partial charge on any atom is 0.0930 e. The van der Waals surface area contributed by atoms with Crippen LogP contribution in [0.3, 0.4) is 0 Å². The zero-order chi connectivity index (χ0) is 8.10. The van der Waals surface area contributed by atoms with Crippen molar-refractivity contribution < 1.29 is 5.11 Å². The van der Waals surface area contributed by atoms with Crippen LogP contribution in [-0.4, -0.2) is 6.10 Å². The standard InChI is InChI=1S/C10H19O/c1-2-3-4-9-5-7-10(11)8-6-9/h9-10H,2-8H2,1H3. The second-order valence-corrected chi connectivity index (χ2v) is 3.78. The lowest BCUT2D eigenvalue weighted by atomic mass is 9.84. The molecule has 1 fully saturated rings. The molecular formula is C10H19O. The van der Waals surface area contributed by atoms with Gasteiger partial charge in [0.05, 0.1) is 6.10 Å². The van der Waals surface area contributed by atoms with Crippen LogP contribution in [0.15, 0.2) is 0 Å². The number of hydrogen-bond donors (Lipinski definition) is 0. The zero-order valence-electron chi connectivity index (χ0n) is 7.51. The summed E-state index contributed by atoms with van der Waals surface area (Å²) >= 11 is 0. The van der Waals surface area contributed by atoms with Gasteiger partial charge in [0, 0.05) is 0 Å². The Hall–Kier alpha value is -0.0400. The van der Waals surface area contributed by atoms with E-state index < -0.39 is 0 Å². The average molecular weight is 155 g/mol. The van der Waals surface area contributed by atoms with Gasteiger partial charge in [-0.1, -0.05) is 26.2 Å². The van der Waals surface area contributed by atoms with Crippen LogP contribution in [0.2, 0.25) is 0 Å². The third kappa shape index (κ3) is 3.24. The Morgan fingerprint density at radius 3 is 2.36 bits per heavy atom. The second kappa shape index (κ2) is 4.76. The normalized spacial score (nSPS) is 32.2. The van der Waals surface area contributed by atoms with Crippen molar-refractivity contribution in [1.29, 1.82) is 0 Å².